The van der Waals surface area contributed by atoms with Crippen molar-refractivity contribution in [2.75, 3.05) is 24.5 Å². The van der Waals surface area contributed by atoms with Crippen molar-refractivity contribution in [1.29, 1.82) is 5.26 Å². The summed E-state index contributed by atoms with van der Waals surface area (Å²) in [6.45, 7) is 3.22. The van der Waals surface area contributed by atoms with Gasteiger partial charge in [-0.15, -0.1) is 10.2 Å². The Balaban J connectivity index is 1.21. The minimum Gasteiger partial charge on any atom is -0.445 e. The average molecular weight is 537 g/mol. The summed E-state index contributed by atoms with van der Waals surface area (Å²) in [5.74, 6) is -0.871. The molecular weight excluding hydrogens is 513 g/mol. The van der Waals surface area contributed by atoms with E-state index in [2.05, 4.69) is 31.1 Å². The maximum atomic E-state index is 13.5. The van der Waals surface area contributed by atoms with Crippen LogP contribution in [0.1, 0.15) is 30.6 Å². The lowest BCUT2D eigenvalue weighted by Gasteiger charge is -2.40. The second-order valence-corrected chi connectivity index (χ2v) is 9.87. The topological polar surface area (TPSA) is 117 Å². The molecule has 0 bridgehead atoms. The van der Waals surface area contributed by atoms with E-state index >= 15 is 0 Å². The maximum Gasteiger partial charge on any atom is 0.451 e. The zero-order valence-corrected chi connectivity index (χ0v) is 20.9. The molecule has 2 aliphatic rings. The van der Waals surface area contributed by atoms with Crippen molar-refractivity contribution < 1.29 is 22.4 Å². The number of fused-ring (bicyclic) bond motifs is 2. The highest BCUT2D eigenvalue weighted by molar-refractivity contribution is 5.96. The number of nitrogens with zero attached hydrogens (tertiary/aromatic N) is 8. The van der Waals surface area contributed by atoms with Gasteiger partial charge in [-0.05, 0) is 30.5 Å². The van der Waals surface area contributed by atoms with E-state index in [1.165, 1.54) is 6.26 Å². The van der Waals surface area contributed by atoms with Crippen LogP contribution in [-0.4, -0.2) is 55.2 Å². The van der Waals surface area contributed by atoms with Gasteiger partial charge >= 0.3 is 6.18 Å². The van der Waals surface area contributed by atoms with Gasteiger partial charge in [-0.25, -0.2) is 4.98 Å². The number of piperidine rings is 1. The molecule has 4 aromatic rings. The first-order chi connectivity index (χ1) is 18.7. The Bertz CT molecular complexity index is 1590. The molecule has 1 saturated heterocycles. The third-order valence-electron chi connectivity index (χ3n) is 7.50. The van der Waals surface area contributed by atoms with Crippen molar-refractivity contribution in [3.8, 4) is 17.5 Å². The van der Waals surface area contributed by atoms with Crippen molar-refractivity contribution in [3.05, 3.63) is 54.1 Å². The van der Waals surface area contributed by atoms with Crippen LogP contribution in [0.5, 0.6) is 0 Å². The monoisotopic (exact) mass is 536 g/mol. The Labute approximate surface area is 220 Å². The van der Waals surface area contributed by atoms with Crippen molar-refractivity contribution in [1.82, 2.24) is 29.6 Å². The van der Waals surface area contributed by atoms with Crippen LogP contribution in [0.4, 0.5) is 18.9 Å². The van der Waals surface area contributed by atoms with E-state index in [9.17, 15) is 23.2 Å². The fourth-order valence-electron chi connectivity index (χ4n) is 5.61. The molecular formula is C26H23F3N8O2. The Morgan fingerprint density at radius 1 is 1.18 bits per heavy atom. The van der Waals surface area contributed by atoms with Crippen LogP contribution in [-0.2, 0) is 24.1 Å². The number of hydrogen-bond acceptors (Lipinski definition) is 8. The Morgan fingerprint density at radius 3 is 2.74 bits per heavy atom. The Hall–Kier alpha value is -4.47. The molecule has 1 amide bonds. The number of carbonyl (C=O) groups is 1. The quantitative estimate of drug-likeness (QED) is 0.387. The molecule has 0 spiro atoms. The third-order valence-corrected chi connectivity index (χ3v) is 7.50. The van der Waals surface area contributed by atoms with Crippen molar-refractivity contribution in [3.63, 3.8) is 0 Å². The first kappa shape index (κ1) is 24.8. The molecule has 2 aliphatic heterocycles. The summed E-state index contributed by atoms with van der Waals surface area (Å²) in [7, 11) is 0. The maximum absolute atomic E-state index is 13.5. The lowest BCUT2D eigenvalue weighted by Crippen LogP contribution is -2.49. The van der Waals surface area contributed by atoms with E-state index in [4.69, 9.17) is 4.42 Å². The van der Waals surface area contributed by atoms with Crippen molar-refractivity contribution in [2.24, 2.45) is 11.8 Å². The van der Waals surface area contributed by atoms with E-state index in [0.29, 0.717) is 36.5 Å². The molecule has 13 heteroatoms. The number of aromatic nitrogens is 5. The van der Waals surface area contributed by atoms with Gasteiger partial charge in [0.25, 0.3) is 0 Å². The summed E-state index contributed by atoms with van der Waals surface area (Å²) in [6.07, 6.45) is 0.574. The summed E-state index contributed by atoms with van der Waals surface area (Å²) in [5, 5.41) is 17.6. The van der Waals surface area contributed by atoms with Gasteiger partial charge in [0.1, 0.15) is 12.3 Å². The number of benzene rings is 1. The molecule has 6 rings (SSSR count). The summed E-state index contributed by atoms with van der Waals surface area (Å²) in [5.41, 5.74) is 2.68. The number of nitriles is 1. The van der Waals surface area contributed by atoms with Gasteiger partial charge in [0.05, 0.1) is 29.5 Å². The molecule has 0 N–H and O–H groups in total. The Morgan fingerprint density at radius 2 is 2.03 bits per heavy atom. The highest BCUT2D eigenvalue weighted by Gasteiger charge is 2.41. The van der Waals surface area contributed by atoms with Gasteiger partial charge in [-0.2, -0.15) is 18.4 Å². The highest BCUT2D eigenvalue weighted by Crippen LogP contribution is 2.37. The first-order valence-electron chi connectivity index (χ1n) is 12.5. The molecule has 1 fully saturated rings. The smallest absolute Gasteiger partial charge is 0.445 e. The number of alkyl halides is 3. The van der Waals surface area contributed by atoms with Gasteiger partial charge in [0.2, 0.25) is 17.6 Å². The highest BCUT2D eigenvalue weighted by atomic mass is 19.4. The molecule has 0 saturated carbocycles. The van der Waals surface area contributed by atoms with Crippen LogP contribution in [0.25, 0.3) is 22.4 Å². The number of pyridine rings is 1. The number of amides is 1. The molecule has 2 atom stereocenters. The molecule has 5 heterocycles. The van der Waals surface area contributed by atoms with Crippen molar-refractivity contribution >= 4 is 22.5 Å². The third kappa shape index (κ3) is 4.35. The van der Waals surface area contributed by atoms with Crippen LogP contribution < -0.4 is 4.90 Å². The molecule has 0 aliphatic carbocycles. The van der Waals surface area contributed by atoms with Crippen LogP contribution in [0.15, 0.2) is 41.3 Å². The molecule has 1 aromatic carbocycles. The van der Waals surface area contributed by atoms with E-state index in [0.717, 1.165) is 21.2 Å². The van der Waals surface area contributed by atoms with Crippen LogP contribution >= 0.6 is 0 Å². The normalized spacial score (nSPS) is 19.7. The molecule has 0 radical (unpaired) electrons. The zero-order chi connectivity index (χ0) is 27.3. The predicted molar refractivity (Wildman–Crippen MR) is 132 cm³/mol. The lowest BCUT2D eigenvalue weighted by molar-refractivity contribution is -0.148. The minimum atomic E-state index is -4.59. The zero-order valence-electron chi connectivity index (χ0n) is 20.9. The summed E-state index contributed by atoms with van der Waals surface area (Å²) in [6, 6.07) is 7.89. The van der Waals surface area contributed by atoms with Crippen molar-refractivity contribution in [2.45, 2.75) is 32.6 Å². The molecule has 10 nitrogen and oxygen atoms in total. The van der Waals surface area contributed by atoms with Crippen LogP contribution in [0.2, 0.25) is 0 Å². The SMILES string of the molecule is C[C@@H]1CN(c2c(C#N)cnc3cc(-c4ncco4)ccc23)CC[C@@H]1C(=O)N1CCn2c(nnc2C(F)(F)F)C1. The number of halogens is 3. The number of anilines is 1. The summed E-state index contributed by atoms with van der Waals surface area (Å²) < 4.78 is 46.0. The van der Waals surface area contributed by atoms with Crippen LogP contribution in [0, 0.1) is 23.2 Å². The van der Waals surface area contributed by atoms with Gasteiger partial charge in [0.15, 0.2) is 5.82 Å². The molecule has 3 aromatic heterocycles. The lowest BCUT2D eigenvalue weighted by atomic mass is 9.85. The summed E-state index contributed by atoms with van der Waals surface area (Å²) >= 11 is 0. The average Bonchev–Trinajstić information content (AvgIpc) is 3.62. The Kier molecular flexibility index (Phi) is 5.97. The van der Waals surface area contributed by atoms with Gasteiger partial charge in [-0.3, -0.25) is 9.78 Å². The standard InChI is InChI=1S/C26H23F3N8O2/c1-15-13-35(22-17(11-30)12-32-20-10-16(2-3-19(20)22)23-31-5-9-39-23)6-4-18(15)24(38)36-7-8-37-21(14-36)33-34-25(37)26(27,28)29/h2-3,5,9-10,12,15,18H,4,6-8,13-14H2,1H3/t15-,18+/m1/s1. The molecule has 200 valence electrons. The number of carbonyl (C=O) groups excluding carboxylic acids is 1. The van der Waals surface area contributed by atoms with Gasteiger partial charge in [0, 0.05) is 49.2 Å². The van der Waals surface area contributed by atoms with Gasteiger partial charge in [-0.1, -0.05) is 6.92 Å². The number of oxazole rings is 1. The van der Waals surface area contributed by atoms with Crippen LogP contribution in [0.3, 0.4) is 0 Å². The second kappa shape index (κ2) is 9.37. The fraction of sp³-hybridized carbons (Fsp3) is 0.385. The first-order valence-corrected chi connectivity index (χ1v) is 12.5. The molecule has 0 unspecified atom stereocenters. The predicted octanol–water partition coefficient (Wildman–Crippen LogP) is 3.88. The van der Waals surface area contributed by atoms with Gasteiger partial charge < -0.3 is 18.8 Å². The van der Waals surface area contributed by atoms with E-state index in [-0.39, 0.29) is 43.2 Å². The van der Waals surface area contributed by atoms with E-state index in [1.54, 1.807) is 17.3 Å². The second-order valence-electron chi connectivity index (χ2n) is 9.87. The fourth-order valence-corrected chi connectivity index (χ4v) is 5.61. The minimum absolute atomic E-state index is 0.000189. The molecule has 39 heavy (non-hydrogen) atoms. The largest absolute Gasteiger partial charge is 0.451 e. The number of hydrogen-bond donors (Lipinski definition) is 0. The number of rotatable bonds is 3. The van der Waals surface area contributed by atoms with E-state index in [1.807, 2.05) is 25.1 Å². The van der Waals surface area contributed by atoms with E-state index < -0.39 is 12.0 Å². The summed E-state index contributed by atoms with van der Waals surface area (Å²) in [4.78, 5) is 25.8.